The number of aryl methyl sites for hydroxylation is 1. The maximum absolute atomic E-state index is 12.8. The SMILES string of the molecule is CCCS(=O)(=O)N1CCCc2ccc(NC(=O)c3cccc(OC)c3OC)cc21. The minimum atomic E-state index is -3.38. The van der Waals surface area contributed by atoms with E-state index in [0.29, 0.717) is 41.4 Å². The second-order valence-electron chi connectivity index (χ2n) is 6.83. The van der Waals surface area contributed by atoms with Crippen LogP contribution in [-0.4, -0.2) is 40.8 Å². The molecule has 1 aliphatic rings. The van der Waals surface area contributed by atoms with Gasteiger partial charge in [0.25, 0.3) is 5.91 Å². The molecule has 1 amide bonds. The molecule has 8 heteroatoms. The summed E-state index contributed by atoms with van der Waals surface area (Å²) in [6.45, 7) is 2.30. The summed E-state index contributed by atoms with van der Waals surface area (Å²) in [6.07, 6.45) is 2.15. The number of anilines is 2. The van der Waals surface area contributed by atoms with Gasteiger partial charge in [-0.05, 0) is 49.1 Å². The Morgan fingerprint density at radius 1 is 1.17 bits per heavy atom. The first-order valence-electron chi connectivity index (χ1n) is 9.57. The number of nitrogens with zero attached hydrogens (tertiary/aromatic N) is 1. The zero-order chi connectivity index (χ0) is 21.0. The molecule has 0 atom stereocenters. The fourth-order valence-corrected chi connectivity index (χ4v) is 5.15. The van der Waals surface area contributed by atoms with Gasteiger partial charge in [-0.3, -0.25) is 9.10 Å². The first kappa shape index (κ1) is 21.0. The number of benzene rings is 2. The van der Waals surface area contributed by atoms with Crippen LogP contribution >= 0.6 is 0 Å². The second-order valence-corrected chi connectivity index (χ2v) is 8.84. The molecule has 1 heterocycles. The van der Waals surface area contributed by atoms with Crippen molar-refractivity contribution in [1.82, 2.24) is 0 Å². The molecule has 0 unspecified atom stereocenters. The number of fused-ring (bicyclic) bond motifs is 1. The zero-order valence-corrected chi connectivity index (χ0v) is 17.7. The summed E-state index contributed by atoms with van der Waals surface area (Å²) in [5.74, 6) is 0.545. The predicted molar refractivity (Wildman–Crippen MR) is 114 cm³/mol. The van der Waals surface area contributed by atoms with Crippen molar-refractivity contribution in [3.63, 3.8) is 0 Å². The van der Waals surface area contributed by atoms with Gasteiger partial charge in [-0.1, -0.05) is 19.1 Å². The Hall–Kier alpha value is -2.74. The average molecular weight is 419 g/mol. The van der Waals surface area contributed by atoms with Crippen LogP contribution in [0.1, 0.15) is 35.7 Å². The number of ether oxygens (including phenoxy) is 2. The number of para-hydroxylation sites is 1. The average Bonchev–Trinajstić information content (AvgIpc) is 2.72. The van der Waals surface area contributed by atoms with Crippen LogP contribution in [0.5, 0.6) is 11.5 Å². The molecule has 0 saturated carbocycles. The lowest BCUT2D eigenvalue weighted by atomic mass is 10.0. The number of carbonyl (C=O) groups excluding carboxylic acids is 1. The molecule has 3 rings (SSSR count). The summed E-state index contributed by atoms with van der Waals surface area (Å²) in [7, 11) is -0.395. The third-order valence-electron chi connectivity index (χ3n) is 4.86. The monoisotopic (exact) mass is 418 g/mol. The van der Waals surface area contributed by atoms with E-state index >= 15 is 0 Å². The van der Waals surface area contributed by atoms with Crippen LogP contribution in [0.2, 0.25) is 0 Å². The summed E-state index contributed by atoms with van der Waals surface area (Å²) >= 11 is 0. The molecule has 0 saturated heterocycles. The van der Waals surface area contributed by atoms with Crippen molar-refractivity contribution in [3.8, 4) is 11.5 Å². The molecule has 7 nitrogen and oxygen atoms in total. The fraction of sp³-hybridized carbons (Fsp3) is 0.381. The molecular formula is C21H26N2O5S. The number of carbonyl (C=O) groups is 1. The van der Waals surface area contributed by atoms with Gasteiger partial charge >= 0.3 is 0 Å². The Balaban J connectivity index is 1.92. The molecule has 2 aromatic rings. The van der Waals surface area contributed by atoms with Crippen molar-refractivity contribution < 1.29 is 22.7 Å². The number of amides is 1. The number of rotatable bonds is 7. The molecule has 2 aromatic carbocycles. The minimum Gasteiger partial charge on any atom is -0.493 e. The Kier molecular flexibility index (Phi) is 6.32. The smallest absolute Gasteiger partial charge is 0.259 e. The van der Waals surface area contributed by atoms with E-state index in [1.807, 2.05) is 13.0 Å². The zero-order valence-electron chi connectivity index (χ0n) is 16.9. The normalized spacial score (nSPS) is 13.6. The highest BCUT2D eigenvalue weighted by atomic mass is 32.2. The van der Waals surface area contributed by atoms with Gasteiger partial charge in [-0.25, -0.2) is 8.42 Å². The lowest BCUT2D eigenvalue weighted by Gasteiger charge is -2.31. The van der Waals surface area contributed by atoms with E-state index in [0.717, 1.165) is 18.4 Å². The number of hydrogen-bond acceptors (Lipinski definition) is 5. The molecule has 0 radical (unpaired) electrons. The summed E-state index contributed by atoms with van der Waals surface area (Å²) in [4.78, 5) is 12.8. The standard InChI is InChI=1S/C21H26N2O5S/c1-4-13-29(25,26)23-12-6-7-15-10-11-16(14-18(15)23)22-21(24)17-8-5-9-19(27-2)20(17)28-3/h5,8-11,14H,4,6-7,12-13H2,1-3H3,(H,22,24). The number of sulfonamides is 1. The molecule has 0 spiro atoms. The van der Waals surface area contributed by atoms with Crippen molar-refractivity contribution >= 4 is 27.3 Å². The van der Waals surface area contributed by atoms with Crippen LogP contribution in [0, 0.1) is 0 Å². The molecule has 0 aliphatic carbocycles. The minimum absolute atomic E-state index is 0.101. The van der Waals surface area contributed by atoms with E-state index in [-0.39, 0.29) is 11.7 Å². The number of nitrogens with one attached hydrogen (secondary N) is 1. The van der Waals surface area contributed by atoms with Crippen molar-refractivity contribution in [2.45, 2.75) is 26.2 Å². The van der Waals surface area contributed by atoms with Gasteiger partial charge in [0.05, 0.1) is 31.2 Å². The van der Waals surface area contributed by atoms with Crippen LogP contribution in [0.25, 0.3) is 0 Å². The maximum Gasteiger partial charge on any atom is 0.259 e. The Bertz CT molecular complexity index is 1000. The number of methoxy groups -OCH3 is 2. The highest BCUT2D eigenvalue weighted by molar-refractivity contribution is 7.92. The predicted octanol–water partition coefficient (Wildman–Crippen LogP) is 3.45. The third kappa shape index (κ3) is 4.32. The highest BCUT2D eigenvalue weighted by Crippen LogP contribution is 2.34. The first-order valence-corrected chi connectivity index (χ1v) is 11.2. The number of hydrogen-bond donors (Lipinski definition) is 1. The highest BCUT2D eigenvalue weighted by Gasteiger charge is 2.27. The third-order valence-corrected chi connectivity index (χ3v) is 6.84. The molecular weight excluding hydrogens is 392 g/mol. The molecule has 1 aliphatic heterocycles. The summed E-state index contributed by atoms with van der Waals surface area (Å²) < 4.78 is 37.4. The first-order chi connectivity index (χ1) is 13.9. The van der Waals surface area contributed by atoms with Crippen LogP contribution in [0.3, 0.4) is 0 Å². The van der Waals surface area contributed by atoms with Gasteiger partial charge in [-0.15, -0.1) is 0 Å². The summed E-state index contributed by atoms with van der Waals surface area (Å²) in [6, 6.07) is 10.5. The van der Waals surface area contributed by atoms with Crippen LogP contribution in [-0.2, 0) is 16.4 Å². The lowest BCUT2D eigenvalue weighted by molar-refractivity contribution is 0.102. The van der Waals surface area contributed by atoms with E-state index in [1.165, 1.54) is 18.5 Å². The largest absolute Gasteiger partial charge is 0.493 e. The van der Waals surface area contributed by atoms with E-state index in [2.05, 4.69) is 5.32 Å². The molecule has 0 fully saturated rings. The van der Waals surface area contributed by atoms with Gasteiger partial charge in [-0.2, -0.15) is 0 Å². The Morgan fingerprint density at radius 2 is 1.97 bits per heavy atom. The lowest BCUT2D eigenvalue weighted by Crippen LogP contribution is -2.37. The quantitative estimate of drug-likeness (QED) is 0.744. The summed E-state index contributed by atoms with van der Waals surface area (Å²) in [5.41, 5.74) is 2.46. The topological polar surface area (TPSA) is 84.9 Å². The van der Waals surface area contributed by atoms with E-state index in [1.54, 1.807) is 30.3 Å². The van der Waals surface area contributed by atoms with Crippen molar-refractivity contribution in [2.75, 3.05) is 36.1 Å². The van der Waals surface area contributed by atoms with Gasteiger partial charge in [0, 0.05) is 12.2 Å². The summed E-state index contributed by atoms with van der Waals surface area (Å²) in [5, 5.41) is 2.84. The van der Waals surface area contributed by atoms with Gasteiger partial charge in [0.2, 0.25) is 10.0 Å². The van der Waals surface area contributed by atoms with Crippen LogP contribution in [0.15, 0.2) is 36.4 Å². The fourth-order valence-electron chi connectivity index (χ4n) is 3.54. The van der Waals surface area contributed by atoms with Crippen LogP contribution in [0.4, 0.5) is 11.4 Å². The Labute approximate surface area is 171 Å². The molecule has 0 bridgehead atoms. The van der Waals surface area contributed by atoms with Gasteiger partial charge in [0.15, 0.2) is 11.5 Å². The van der Waals surface area contributed by atoms with Crippen molar-refractivity contribution in [3.05, 3.63) is 47.5 Å². The van der Waals surface area contributed by atoms with Crippen LogP contribution < -0.4 is 19.1 Å². The molecule has 1 N–H and O–H groups in total. The van der Waals surface area contributed by atoms with Crippen molar-refractivity contribution in [2.24, 2.45) is 0 Å². The maximum atomic E-state index is 12.8. The second kappa shape index (κ2) is 8.73. The van der Waals surface area contributed by atoms with E-state index < -0.39 is 10.0 Å². The van der Waals surface area contributed by atoms with Crippen molar-refractivity contribution in [1.29, 1.82) is 0 Å². The van der Waals surface area contributed by atoms with E-state index in [9.17, 15) is 13.2 Å². The molecule has 156 valence electrons. The van der Waals surface area contributed by atoms with Gasteiger partial charge in [0.1, 0.15) is 0 Å². The molecule has 29 heavy (non-hydrogen) atoms. The Morgan fingerprint density at radius 3 is 2.66 bits per heavy atom. The molecule has 0 aromatic heterocycles. The van der Waals surface area contributed by atoms with Gasteiger partial charge < -0.3 is 14.8 Å². The van der Waals surface area contributed by atoms with E-state index in [4.69, 9.17) is 9.47 Å².